The Bertz CT molecular complexity index is 72.8. The van der Waals surface area contributed by atoms with Gasteiger partial charge in [0.1, 0.15) is 5.75 Å². The van der Waals surface area contributed by atoms with E-state index in [1.54, 1.807) is 0 Å². The highest BCUT2D eigenvalue weighted by Crippen LogP contribution is 1.99. The van der Waals surface area contributed by atoms with E-state index in [-0.39, 0.29) is 5.75 Å². The van der Waals surface area contributed by atoms with E-state index in [9.17, 15) is 4.79 Å². The number of rotatable bonds is 4. The van der Waals surface area contributed by atoms with Gasteiger partial charge in [-0.15, -0.1) is 4.33 Å². The minimum absolute atomic E-state index is 0.263. The zero-order valence-corrected chi connectivity index (χ0v) is 4.55. The van der Waals surface area contributed by atoms with Crippen LogP contribution < -0.4 is 0 Å². The lowest BCUT2D eigenvalue weighted by atomic mass is 10.8. The maximum Gasteiger partial charge on any atom is 0.315 e. The summed E-state index contributed by atoms with van der Waals surface area (Å²) in [5.74, 6) is -1.30. The first kappa shape index (κ1) is 7.70. The first-order chi connectivity index (χ1) is 3.77. The average Bonchev–Trinajstić information content (AvgIpc) is 1.66. The monoisotopic (exact) mass is 140 g/mol. The van der Waals surface area contributed by atoms with Gasteiger partial charge in [-0.2, -0.15) is 0 Å². The number of carboxylic acid groups (broad SMARTS) is 1. The van der Waals surface area contributed by atoms with Crippen molar-refractivity contribution in [3.05, 3.63) is 0 Å². The molecule has 6 heteroatoms. The van der Waals surface area contributed by atoms with Crippen molar-refractivity contribution >= 4 is 18.0 Å². The minimum Gasteiger partial charge on any atom is -0.481 e. The molecule has 0 aliphatic carbocycles. The third kappa shape index (κ3) is 5.70. The fraction of sp³-hybridized carbons (Fsp3) is 0.500. The maximum atomic E-state index is 9.64. The van der Waals surface area contributed by atoms with Gasteiger partial charge in [-0.3, -0.25) is 4.79 Å². The lowest BCUT2D eigenvalue weighted by Crippen LogP contribution is -1.98. The van der Waals surface area contributed by atoms with Crippen molar-refractivity contribution < 1.29 is 24.5 Å². The maximum absolute atomic E-state index is 9.64. The number of carbonyl (C=O) groups is 1. The lowest BCUT2D eigenvalue weighted by molar-refractivity contribution is -0.432. The Balaban J connectivity index is 2.82. The van der Waals surface area contributed by atoms with E-state index in [4.69, 9.17) is 10.4 Å². The van der Waals surface area contributed by atoms with Crippen LogP contribution in [0.3, 0.4) is 0 Å². The summed E-state index contributed by atoms with van der Waals surface area (Å²) in [6.45, 7) is 0. The van der Waals surface area contributed by atoms with Crippen LogP contribution in [0.15, 0.2) is 0 Å². The van der Waals surface area contributed by atoms with Crippen molar-refractivity contribution in [2.75, 3.05) is 5.75 Å². The molecule has 0 aromatic carbocycles. The van der Waals surface area contributed by atoms with Crippen LogP contribution in [0.2, 0.25) is 0 Å². The van der Waals surface area contributed by atoms with Crippen LogP contribution in [0.25, 0.3) is 0 Å². The summed E-state index contributed by atoms with van der Waals surface area (Å²) in [5.41, 5.74) is 0. The van der Waals surface area contributed by atoms with E-state index in [1.807, 2.05) is 0 Å². The molecule has 0 radical (unpaired) electrons. The van der Waals surface area contributed by atoms with Crippen LogP contribution in [-0.4, -0.2) is 22.1 Å². The molecule has 0 aliphatic rings. The molecular weight excluding hydrogens is 136 g/mol. The van der Waals surface area contributed by atoms with Gasteiger partial charge in [0.15, 0.2) is 0 Å². The Morgan fingerprint density at radius 2 is 2.38 bits per heavy atom. The molecule has 48 valence electrons. The van der Waals surface area contributed by atoms with Crippen LogP contribution >= 0.6 is 12.0 Å². The molecule has 2 N–H and O–H groups in total. The molecule has 0 rings (SSSR count). The number of carboxylic acids is 1. The van der Waals surface area contributed by atoms with Crippen molar-refractivity contribution in [1.29, 1.82) is 0 Å². The Labute approximate surface area is 49.3 Å². The van der Waals surface area contributed by atoms with Crippen LogP contribution in [-0.2, 0) is 14.2 Å². The number of hydrogen-bond donors (Lipinski definition) is 2. The Morgan fingerprint density at radius 1 is 1.75 bits per heavy atom. The summed E-state index contributed by atoms with van der Waals surface area (Å²) in [6, 6.07) is 0. The van der Waals surface area contributed by atoms with Crippen molar-refractivity contribution in [2.45, 2.75) is 0 Å². The Kier molecular flexibility index (Phi) is 4.67. The van der Waals surface area contributed by atoms with Gasteiger partial charge in [0.2, 0.25) is 0 Å². The normalized spacial score (nSPS) is 9.12. The van der Waals surface area contributed by atoms with Crippen LogP contribution in [0.4, 0.5) is 0 Å². The van der Waals surface area contributed by atoms with Gasteiger partial charge in [-0.05, 0) is 0 Å². The zero-order chi connectivity index (χ0) is 6.41. The first-order valence-corrected chi connectivity index (χ1v) is 2.50. The summed E-state index contributed by atoms with van der Waals surface area (Å²) in [4.78, 5) is 9.64. The van der Waals surface area contributed by atoms with Crippen molar-refractivity contribution in [1.82, 2.24) is 0 Å². The molecule has 0 atom stereocenters. The van der Waals surface area contributed by atoms with E-state index >= 15 is 0 Å². The van der Waals surface area contributed by atoms with Gasteiger partial charge in [0, 0.05) is 12.0 Å². The summed E-state index contributed by atoms with van der Waals surface area (Å²) in [7, 11) is 0. The second-order valence-electron chi connectivity index (χ2n) is 0.799. The highest BCUT2D eigenvalue weighted by Gasteiger charge is 1.95. The topological polar surface area (TPSA) is 76.0 Å². The molecule has 0 aromatic heterocycles. The van der Waals surface area contributed by atoms with Gasteiger partial charge in [0.05, 0.1) is 0 Å². The number of aliphatic carboxylic acids is 1. The second kappa shape index (κ2) is 4.85. The molecule has 0 fully saturated rings. The highest BCUT2D eigenvalue weighted by molar-refractivity contribution is 7.95. The third-order valence-electron chi connectivity index (χ3n) is 0.261. The van der Waals surface area contributed by atoms with E-state index in [2.05, 4.69) is 9.37 Å². The van der Waals surface area contributed by atoms with Gasteiger partial charge in [0.25, 0.3) is 0 Å². The van der Waals surface area contributed by atoms with Crippen molar-refractivity contribution in [2.24, 2.45) is 0 Å². The largest absolute Gasteiger partial charge is 0.481 e. The first-order valence-electron chi connectivity index (χ1n) is 1.59. The molecule has 5 nitrogen and oxygen atoms in total. The molecule has 0 saturated carbocycles. The van der Waals surface area contributed by atoms with E-state index in [0.717, 1.165) is 0 Å². The van der Waals surface area contributed by atoms with Crippen molar-refractivity contribution in [3.63, 3.8) is 0 Å². The van der Waals surface area contributed by atoms with Crippen molar-refractivity contribution in [3.8, 4) is 0 Å². The summed E-state index contributed by atoms with van der Waals surface area (Å²) >= 11 is 0.490. The fourth-order valence-corrected chi connectivity index (χ4v) is 0.288. The van der Waals surface area contributed by atoms with Gasteiger partial charge >= 0.3 is 5.97 Å². The summed E-state index contributed by atoms with van der Waals surface area (Å²) < 4.78 is 3.74. The highest BCUT2D eigenvalue weighted by atomic mass is 32.2. The smallest absolute Gasteiger partial charge is 0.315 e. The van der Waals surface area contributed by atoms with Crippen LogP contribution in [0.5, 0.6) is 0 Å². The van der Waals surface area contributed by atoms with Crippen LogP contribution in [0.1, 0.15) is 0 Å². The Hall–Kier alpha value is -0.300. The molecule has 0 unspecified atom stereocenters. The molecule has 0 saturated heterocycles. The molecule has 0 aliphatic heterocycles. The molecular formula is C2H4O5S. The van der Waals surface area contributed by atoms with Gasteiger partial charge in [-0.1, -0.05) is 5.04 Å². The lowest BCUT2D eigenvalue weighted by Gasteiger charge is -1.88. The van der Waals surface area contributed by atoms with Crippen LogP contribution in [0, 0.1) is 0 Å². The van der Waals surface area contributed by atoms with E-state index < -0.39 is 5.97 Å². The van der Waals surface area contributed by atoms with E-state index in [0.29, 0.717) is 12.0 Å². The molecule has 0 spiro atoms. The molecule has 0 bridgehead atoms. The van der Waals surface area contributed by atoms with Gasteiger partial charge in [-0.25, -0.2) is 5.26 Å². The third-order valence-corrected chi connectivity index (χ3v) is 0.783. The average molecular weight is 140 g/mol. The number of hydrogen-bond acceptors (Lipinski definition) is 5. The van der Waals surface area contributed by atoms with Gasteiger partial charge < -0.3 is 5.11 Å². The van der Waals surface area contributed by atoms with E-state index in [1.165, 1.54) is 0 Å². The molecule has 0 amide bonds. The predicted octanol–water partition coefficient (Wildman–Crippen LogP) is 0.140. The minimum atomic E-state index is -1.04. The SMILES string of the molecule is O=C(O)CSOOO. The molecule has 0 aromatic rings. The second-order valence-corrected chi connectivity index (χ2v) is 1.46. The standard InChI is InChI=1S/C2H4O5S/c3-2(4)1-8-7-6-5/h5H,1H2,(H,3,4). The fourth-order valence-electron chi connectivity index (χ4n) is 0.0960. The Morgan fingerprint density at radius 3 is 2.75 bits per heavy atom. The quantitative estimate of drug-likeness (QED) is 0.250. The molecule has 8 heavy (non-hydrogen) atoms. The predicted molar refractivity (Wildman–Crippen MR) is 24.9 cm³/mol. The summed E-state index contributed by atoms with van der Waals surface area (Å²) in [6.07, 6.45) is 0. The molecule has 0 heterocycles. The summed E-state index contributed by atoms with van der Waals surface area (Å²) in [5, 5.41) is 18.4. The zero-order valence-electron chi connectivity index (χ0n) is 3.73.